The maximum Gasteiger partial charge on any atom is 0.373 e. The lowest BCUT2D eigenvalue weighted by Crippen LogP contribution is -2.62. The van der Waals surface area contributed by atoms with Crippen LogP contribution in [0.1, 0.15) is 82.1 Å². The smallest absolute Gasteiger partial charge is 0.373 e. The van der Waals surface area contributed by atoms with Gasteiger partial charge in [0, 0.05) is 44.3 Å². The van der Waals surface area contributed by atoms with Gasteiger partial charge in [0.1, 0.15) is 30.5 Å². The standard InChI is InChI=1S/C42H70O13/c1-21(2)37-26(7)32(53-41-39(51-13)36(46)35(45)29(10)52-41)20-42(48,55-37)28(9)34(44)27(8)38-30(49-11)16-14-15-22(3)17-24(5)33(43)25(6)18-23(4)19-31(50-12)40(47)54-38/h14-16,18-19,21,24-30,32-39,41,43-46,48H,17,20H2,1-13H3/b16-14+,22-15+,23-18+,31-19-/t24-,25-,26+,27+,28+,29?,30+,32-,33+,34-,35?,36?,37-,38-,39?,41?,42-/m1/s1. The highest BCUT2D eigenvalue weighted by Crippen LogP contribution is 2.43. The lowest BCUT2D eigenvalue weighted by molar-refractivity contribution is -0.362. The van der Waals surface area contributed by atoms with Crippen LogP contribution in [0.4, 0.5) is 0 Å². The molecule has 0 amide bonds. The molecule has 0 aliphatic carbocycles. The van der Waals surface area contributed by atoms with Crippen molar-refractivity contribution in [3.8, 4) is 0 Å². The summed E-state index contributed by atoms with van der Waals surface area (Å²) in [5.74, 6) is -5.08. The van der Waals surface area contributed by atoms with Crippen LogP contribution in [0, 0.1) is 35.5 Å². The fourth-order valence-electron chi connectivity index (χ4n) is 8.23. The van der Waals surface area contributed by atoms with Crippen LogP contribution in [0.25, 0.3) is 0 Å². The molecule has 0 saturated carbocycles. The minimum absolute atomic E-state index is 0.0363. The monoisotopic (exact) mass is 782 g/mol. The van der Waals surface area contributed by atoms with E-state index in [-0.39, 0.29) is 35.9 Å². The first kappa shape index (κ1) is 47.2. The Morgan fingerprint density at radius 3 is 2.16 bits per heavy atom. The Labute approximate surface area is 328 Å². The number of aliphatic hydroxyl groups excluding tert-OH is 4. The molecular formula is C42H70O13. The van der Waals surface area contributed by atoms with Crippen molar-refractivity contribution >= 4 is 5.97 Å². The zero-order valence-electron chi connectivity index (χ0n) is 35.1. The molecule has 3 aliphatic rings. The summed E-state index contributed by atoms with van der Waals surface area (Å²) in [7, 11) is 4.25. The number of allylic oxidation sites excluding steroid dienone is 5. The lowest BCUT2D eigenvalue weighted by Gasteiger charge is -2.51. The van der Waals surface area contributed by atoms with Crippen molar-refractivity contribution in [1.82, 2.24) is 0 Å². The second kappa shape index (κ2) is 20.5. The summed E-state index contributed by atoms with van der Waals surface area (Å²) >= 11 is 0. The van der Waals surface area contributed by atoms with E-state index in [4.69, 9.17) is 33.2 Å². The van der Waals surface area contributed by atoms with Gasteiger partial charge < -0.3 is 58.7 Å². The van der Waals surface area contributed by atoms with Crippen molar-refractivity contribution in [1.29, 1.82) is 0 Å². The van der Waals surface area contributed by atoms with Gasteiger partial charge in [-0.3, -0.25) is 0 Å². The van der Waals surface area contributed by atoms with Gasteiger partial charge in [-0.2, -0.15) is 0 Å². The van der Waals surface area contributed by atoms with Crippen molar-refractivity contribution in [2.24, 2.45) is 35.5 Å². The van der Waals surface area contributed by atoms with E-state index < -0.39 is 90.9 Å². The number of ether oxygens (including phenoxy) is 7. The van der Waals surface area contributed by atoms with Crippen LogP contribution in [-0.2, 0) is 38.0 Å². The van der Waals surface area contributed by atoms with E-state index in [2.05, 4.69) is 0 Å². The highest BCUT2D eigenvalue weighted by Gasteiger charge is 2.54. The summed E-state index contributed by atoms with van der Waals surface area (Å²) in [5, 5.41) is 56.6. The quantitative estimate of drug-likeness (QED) is 0.199. The van der Waals surface area contributed by atoms with Crippen LogP contribution in [0.2, 0.25) is 0 Å². The molecule has 13 heteroatoms. The van der Waals surface area contributed by atoms with Crippen molar-refractivity contribution < 1.29 is 63.5 Å². The first-order valence-electron chi connectivity index (χ1n) is 19.7. The number of methoxy groups -OCH3 is 3. The van der Waals surface area contributed by atoms with Gasteiger partial charge in [-0.05, 0) is 45.1 Å². The number of carbonyl (C=O) groups is 1. The van der Waals surface area contributed by atoms with Gasteiger partial charge in [-0.15, -0.1) is 0 Å². The Hall–Kier alpha value is -2.17. The first-order chi connectivity index (χ1) is 25.7. The van der Waals surface area contributed by atoms with E-state index in [0.29, 0.717) is 12.0 Å². The summed E-state index contributed by atoms with van der Waals surface area (Å²) in [5.41, 5.74) is 1.73. The third kappa shape index (κ3) is 11.5. The van der Waals surface area contributed by atoms with E-state index in [9.17, 15) is 30.3 Å². The molecule has 0 spiro atoms. The largest absolute Gasteiger partial charge is 0.490 e. The molecule has 2 saturated heterocycles. The zero-order valence-corrected chi connectivity index (χ0v) is 35.1. The number of rotatable bonds is 10. The Morgan fingerprint density at radius 2 is 1.58 bits per heavy atom. The van der Waals surface area contributed by atoms with E-state index in [1.807, 2.05) is 66.7 Å². The minimum atomic E-state index is -1.92. The molecule has 2 fully saturated rings. The number of esters is 1. The van der Waals surface area contributed by atoms with E-state index in [0.717, 1.165) is 5.57 Å². The number of hydrogen-bond acceptors (Lipinski definition) is 13. The number of cyclic esters (lactones) is 1. The van der Waals surface area contributed by atoms with Gasteiger partial charge in [0.15, 0.2) is 12.1 Å². The molecular weight excluding hydrogens is 712 g/mol. The summed E-state index contributed by atoms with van der Waals surface area (Å²) in [6, 6.07) is 0. The van der Waals surface area contributed by atoms with Crippen LogP contribution in [-0.4, -0.2) is 126 Å². The fraction of sp³-hybridized carbons (Fsp3) is 0.786. The van der Waals surface area contributed by atoms with Gasteiger partial charge in [0.2, 0.25) is 5.76 Å². The lowest BCUT2D eigenvalue weighted by atomic mass is 9.76. The normalized spacial score (nSPS) is 43.8. The van der Waals surface area contributed by atoms with E-state index in [1.165, 1.54) is 21.3 Å². The minimum Gasteiger partial charge on any atom is -0.490 e. The van der Waals surface area contributed by atoms with Gasteiger partial charge in [0.25, 0.3) is 0 Å². The molecule has 0 radical (unpaired) electrons. The Kier molecular flexibility index (Phi) is 17.6. The van der Waals surface area contributed by atoms with Gasteiger partial charge in [-0.1, -0.05) is 83.9 Å². The first-order valence-corrected chi connectivity index (χ1v) is 19.7. The van der Waals surface area contributed by atoms with Crippen molar-refractivity contribution in [3.05, 3.63) is 47.3 Å². The molecule has 5 N–H and O–H groups in total. The second-order valence-corrected chi connectivity index (χ2v) is 16.6. The van der Waals surface area contributed by atoms with Crippen LogP contribution >= 0.6 is 0 Å². The highest BCUT2D eigenvalue weighted by molar-refractivity contribution is 5.87. The molecule has 3 heterocycles. The molecule has 13 nitrogen and oxygen atoms in total. The average molecular weight is 783 g/mol. The summed E-state index contributed by atoms with van der Waals surface area (Å²) < 4.78 is 41.8. The fourth-order valence-corrected chi connectivity index (χ4v) is 8.23. The topological polar surface area (TPSA) is 183 Å². The van der Waals surface area contributed by atoms with Crippen LogP contribution in [0.5, 0.6) is 0 Å². The Bertz CT molecular complexity index is 1360. The predicted octanol–water partition coefficient (Wildman–Crippen LogP) is 4.20. The third-order valence-electron chi connectivity index (χ3n) is 11.8. The highest BCUT2D eigenvalue weighted by atomic mass is 16.7. The molecule has 55 heavy (non-hydrogen) atoms. The van der Waals surface area contributed by atoms with Crippen molar-refractivity contribution in [2.45, 2.75) is 155 Å². The summed E-state index contributed by atoms with van der Waals surface area (Å²) in [6.07, 6.45) is -0.670. The van der Waals surface area contributed by atoms with Crippen molar-refractivity contribution in [2.75, 3.05) is 21.3 Å². The van der Waals surface area contributed by atoms with Crippen molar-refractivity contribution in [3.63, 3.8) is 0 Å². The van der Waals surface area contributed by atoms with Crippen LogP contribution < -0.4 is 0 Å². The predicted molar refractivity (Wildman–Crippen MR) is 206 cm³/mol. The maximum absolute atomic E-state index is 13.8. The number of hydrogen-bond donors (Lipinski definition) is 5. The number of aliphatic hydroxyl groups is 5. The Morgan fingerprint density at radius 1 is 0.927 bits per heavy atom. The van der Waals surface area contributed by atoms with Gasteiger partial charge in [-0.25, -0.2) is 4.79 Å². The van der Waals surface area contributed by atoms with Gasteiger partial charge in [0.05, 0.1) is 37.6 Å². The molecule has 0 aromatic rings. The molecule has 5 unspecified atom stereocenters. The SMILES string of the molecule is CO/C1=C\C(C)=C\[C@@H](C)[C@@H](O)[C@H](C)C/C(C)=C/C=C/[C@H](OC)[C@@H]([C@@H](C)[C@@H](O)[C@H](C)[C@@]2(O)C[C@@H](OC3OC(C)C(O)C(O)C3OC)[C@H](C)[C@@H](C(C)C)O2)OC1=O. The molecule has 0 bridgehead atoms. The summed E-state index contributed by atoms with van der Waals surface area (Å²) in [4.78, 5) is 13.8. The zero-order chi connectivity index (χ0) is 41.5. The maximum atomic E-state index is 13.8. The third-order valence-corrected chi connectivity index (χ3v) is 11.8. The molecule has 3 rings (SSSR count). The molecule has 316 valence electrons. The number of carbonyl (C=O) groups excluding carboxylic acids is 1. The molecule has 17 atom stereocenters. The van der Waals surface area contributed by atoms with E-state index >= 15 is 0 Å². The van der Waals surface area contributed by atoms with Crippen LogP contribution in [0.15, 0.2) is 47.3 Å². The van der Waals surface area contributed by atoms with E-state index in [1.54, 1.807) is 32.9 Å². The van der Waals surface area contributed by atoms with Crippen LogP contribution in [0.3, 0.4) is 0 Å². The summed E-state index contributed by atoms with van der Waals surface area (Å²) in [6.45, 7) is 18.6. The second-order valence-electron chi connectivity index (χ2n) is 16.6. The molecule has 3 aliphatic heterocycles. The molecule has 0 aromatic heterocycles. The van der Waals surface area contributed by atoms with Gasteiger partial charge >= 0.3 is 5.97 Å². The average Bonchev–Trinajstić information content (AvgIpc) is 3.13. The Balaban J connectivity index is 2.00. The molecule has 0 aromatic carbocycles.